The Morgan fingerprint density at radius 2 is 1.91 bits per heavy atom. The Kier molecular flexibility index (Phi) is 6.57. The van der Waals surface area contributed by atoms with Gasteiger partial charge in [-0.25, -0.2) is 0 Å². The maximum Gasteiger partial charge on any atom is 0.248 e. The van der Waals surface area contributed by atoms with Gasteiger partial charge in [0.1, 0.15) is 0 Å². The molecule has 8 heteroatoms. The zero-order valence-electron chi connectivity index (χ0n) is 11.3. The number of carbonyl (C=O) groups excluding carboxylic acids is 2. The Hall–Kier alpha value is -1.21. The summed E-state index contributed by atoms with van der Waals surface area (Å²) in [6.07, 6.45) is 0.233. The van der Waals surface area contributed by atoms with Crippen molar-refractivity contribution in [1.29, 1.82) is 0 Å². The number of hydrogen-bond acceptors (Lipinski definition) is 4. The summed E-state index contributed by atoms with van der Waals surface area (Å²) in [6.45, 7) is 0. The third-order valence-corrected chi connectivity index (χ3v) is 5.00. The highest BCUT2D eigenvalue weighted by Gasteiger charge is 2.08. The van der Waals surface area contributed by atoms with Crippen molar-refractivity contribution in [2.45, 2.75) is 11.3 Å². The summed E-state index contributed by atoms with van der Waals surface area (Å²) in [4.78, 5) is 24.0. The molecule has 116 valence electrons. The van der Waals surface area contributed by atoms with Gasteiger partial charge in [0.05, 0.1) is 17.2 Å². The quantitative estimate of drug-likeness (QED) is 0.621. The van der Waals surface area contributed by atoms with E-state index in [1.165, 1.54) is 23.1 Å². The molecule has 0 aliphatic carbocycles. The van der Waals surface area contributed by atoms with Crippen LogP contribution in [0.25, 0.3) is 0 Å². The predicted molar refractivity (Wildman–Crippen MR) is 91.5 cm³/mol. The van der Waals surface area contributed by atoms with Crippen LogP contribution in [0.15, 0.2) is 39.9 Å². The van der Waals surface area contributed by atoms with Crippen LogP contribution in [-0.4, -0.2) is 17.6 Å². The lowest BCUT2D eigenvalue weighted by molar-refractivity contribution is -0.127. The molecule has 2 N–H and O–H groups in total. The van der Waals surface area contributed by atoms with Gasteiger partial charge in [-0.3, -0.25) is 20.4 Å². The standard InChI is InChI=1S/C14H12Cl2N2O2S2/c15-10-1-2-11(16)12(6-10)22-8-14(20)18-17-13(19)5-9-3-4-21-7-9/h1-4,6-7H,5,8H2,(H,17,19)(H,18,20). The smallest absolute Gasteiger partial charge is 0.248 e. The van der Waals surface area contributed by atoms with Gasteiger partial charge in [0.25, 0.3) is 0 Å². The molecule has 2 amide bonds. The molecular formula is C14H12Cl2N2O2S2. The highest BCUT2D eigenvalue weighted by molar-refractivity contribution is 8.00. The first-order valence-electron chi connectivity index (χ1n) is 6.21. The van der Waals surface area contributed by atoms with Crippen molar-refractivity contribution >= 4 is 58.1 Å². The summed E-state index contributed by atoms with van der Waals surface area (Å²) in [6, 6.07) is 6.91. The van der Waals surface area contributed by atoms with Crippen LogP contribution in [0.5, 0.6) is 0 Å². The van der Waals surface area contributed by atoms with Crippen LogP contribution < -0.4 is 10.9 Å². The minimum atomic E-state index is -0.320. The number of nitrogens with one attached hydrogen (secondary N) is 2. The van der Waals surface area contributed by atoms with E-state index in [0.29, 0.717) is 14.9 Å². The lowest BCUT2D eigenvalue weighted by atomic mass is 10.2. The molecule has 0 fully saturated rings. The molecule has 0 radical (unpaired) electrons. The Balaban J connectivity index is 1.74. The largest absolute Gasteiger partial charge is 0.273 e. The number of benzene rings is 1. The van der Waals surface area contributed by atoms with E-state index in [0.717, 1.165) is 5.56 Å². The van der Waals surface area contributed by atoms with E-state index in [4.69, 9.17) is 23.2 Å². The minimum absolute atomic E-state index is 0.124. The minimum Gasteiger partial charge on any atom is -0.273 e. The van der Waals surface area contributed by atoms with Crippen LogP contribution in [0, 0.1) is 0 Å². The van der Waals surface area contributed by atoms with Gasteiger partial charge in [0.2, 0.25) is 11.8 Å². The zero-order chi connectivity index (χ0) is 15.9. The van der Waals surface area contributed by atoms with Gasteiger partial charge >= 0.3 is 0 Å². The second kappa shape index (κ2) is 8.43. The molecule has 1 heterocycles. The van der Waals surface area contributed by atoms with Gasteiger partial charge in [-0.2, -0.15) is 11.3 Å². The summed E-state index contributed by atoms with van der Waals surface area (Å²) in [7, 11) is 0. The van der Waals surface area contributed by atoms with Gasteiger partial charge < -0.3 is 0 Å². The van der Waals surface area contributed by atoms with E-state index in [-0.39, 0.29) is 24.0 Å². The number of hydrogen-bond donors (Lipinski definition) is 2. The number of thiophene rings is 1. The summed E-state index contributed by atoms with van der Waals surface area (Å²) >= 11 is 14.6. The third-order valence-electron chi connectivity index (χ3n) is 2.54. The molecule has 0 spiro atoms. The maximum absolute atomic E-state index is 11.7. The number of amides is 2. The van der Waals surface area contributed by atoms with Crippen LogP contribution in [0.1, 0.15) is 5.56 Å². The van der Waals surface area contributed by atoms with Crippen molar-refractivity contribution in [3.05, 3.63) is 50.6 Å². The fourth-order valence-electron chi connectivity index (χ4n) is 1.53. The number of thioether (sulfide) groups is 1. The highest BCUT2D eigenvalue weighted by atomic mass is 35.5. The second-order valence-electron chi connectivity index (χ2n) is 4.27. The zero-order valence-corrected chi connectivity index (χ0v) is 14.4. The van der Waals surface area contributed by atoms with Gasteiger partial charge in [-0.15, -0.1) is 11.8 Å². The molecule has 0 aliphatic rings. The van der Waals surface area contributed by atoms with Crippen molar-refractivity contribution in [2.75, 3.05) is 5.75 Å². The molecular weight excluding hydrogens is 363 g/mol. The van der Waals surface area contributed by atoms with E-state index in [2.05, 4.69) is 10.9 Å². The summed E-state index contributed by atoms with van der Waals surface area (Å²) < 4.78 is 0. The number of carbonyl (C=O) groups is 2. The Bertz CT molecular complexity index is 663. The van der Waals surface area contributed by atoms with E-state index in [1.54, 1.807) is 18.2 Å². The van der Waals surface area contributed by atoms with Crippen molar-refractivity contribution < 1.29 is 9.59 Å². The normalized spacial score (nSPS) is 10.3. The topological polar surface area (TPSA) is 58.2 Å². The van der Waals surface area contributed by atoms with Crippen LogP contribution in [0.3, 0.4) is 0 Å². The lowest BCUT2D eigenvalue weighted by Crippen LogP contribution is -2.43. The lowest BCUT2D eigenvalue weighted by Gasteiger charge is -2.07. The molecule has 0 unspecified atom stereocenters. The second-order valence-corrected chi connectivity index (χ2v) is 6.91. The molecule has 0 bridgehead atoms. The maximum atomic E-state index is 11.7. The van der Waals surface area contributed by atoms with Crippen molar-refractivity contribution in [3.63, 3.8) is 0 Å². The van der Waals surface area contributed by atoms with Crippen LogP contribution in [0.2, 0.25) is 10.0 Å². The fourth-order valence-corrected chi connectivity index (χ4v) is 3.49. The number of rotatable bonds is 5. The molecule has 0 saturated carbocycles. The molecule has 0 saturated heterocycles. The van der Waals surface area contributed by atoms with E-state index >= 15 is 0 Å². The molecule has 2 rings (SSSR count). The van der Waals surface area contributed by atoms with Crippen molar-refractivity contribution in [2.24, 2.45) is 0 Å². The van der Waals surface area contributed by atoms with E-state index in [9.17, 15) is 9.59 Å². The Labute approximate surface area is 146 Å². The third kappa shape index (κ3) is 5.53. The molecule has 1 aromatic carbocycles. The van der Waals surface area contributed by atoms with Gasteiger partial charge in [-0.05, 0) is 40.6 Å². The van der Waals surface area contributed by atoms with Crippen LogP contribution in [0.4, 0.5) is 0 Å². The molecule has 0 atom stereocenters. The first kappa shape index (κ1) is 17.1. The van der Waals surface area contributed by atoms with Crippen molar-refractivity contribution in [1.82, 2.24) is 10.9 Å². The average molecular weight is 375 g/mol. The highest BCUT2D eigenvalue weighted by Crippen LogP contribution is 2.29. The van der Waals surface area contributed by atoms with Crippen LogP contribution in [-0.2, 0) is 16.0 Å². The molecule has 1 aromatic heterocycles. The van der Waals surface area contributed by atoms with Gasteiger partial charge in [-0.1, -0.05) is 23.2 Å². The number of halogens is 2. The monoisotopic (exact) mass is 374 g/mol. The van der Waals surface area contributed by atoms with Crippen LogP contribution >= 0.6 is 46.3 Å². The number of hydrazine groups is 1. The molecule has 2 aromatic rings. The summed E-state index contributed by atoms with van der Waals surface area (Å²) in [5, 5.41) is 4.87. The van der Waals surface area contributed by atoms with Gasteiger partial charge in [0.15, 0.2) is 0 Å². The Morgan fingerprint density at radius 3 is 2.64 bits per heavy atom. The first-order valence-corrected chi connectivity index (χ1v) is 8.89. The predicted octanol–water partition coefficient (Wildman–Crippen LogP) is 3.54. The fraction of sp³-hybridized carbons (Fsp3) is 0.143. The van der Waals surface area contributed by atoms with E-state index in [1.807, 2.05) is 16.8 Å². The SMILES string of the molecule is O=C(CSc1cc(Cl)ccc1Cl)NNC(=O)Cc1ccsc1. The average Bonchev–Trinajstić information content (AvgIpc) is 2.99. The molecule has 4 nitrogen and oxygen atoms in total. The Morgan fingerprint density at radius 1 is 1.14 bits per heavy atom. The van der Waals surface area contributed by atoms with Crippen molar-refractivity contribution in [3.8, 4) is 0 Å². The molecule has 0 aliphatic heterocycles. The van der Waals surface area contributed by atoms with Gasteiger partial charge in [0, 0.05) is 9.92 Å². The summed E-state index contributed by atoms with van der Waals surface area (Å²) in [5.74, 6) is -0.462. The first-order chi connectivity index (χ1) is 10.5. The summed E-state index contributed by atoms with van der Waals surface area (Å²) in [5.41, 5.74) is 5.66. The van der Waals surface area contributed by atoms with E-state index < -0.39 is 0 Å². The molecule has 22 heavy (non-hydrogen) atoms.